The Hall–Kier alpha value is -3.28. The highest BCUT2D eigenvalue weighted by Crippen LogP contribution is 2.50. The third-order valence-electron chi connectivity index (χ3n) is 6.87. The van der Waals surface area contributed by atoms with Gasteiger partial charge in [-0.1, -0.05) is 43.0 Å². The van der Waals surface area contributed by atoms with Gasteiger partial charge in [0.05, 0.1) is 36.4 Å². The van der Waals surface area contributed by atoms with Crippen molar-refractivity contribution in [1.29, 1.82) is 0 Å². The Balaban J connectivity index is 1.52. The van der Waals surface area contributed by atoms with Crippen molar-refractivity contribution in [2.75, 3.05) is 35.0 Å². The molecule has 6 N–H and O–H groups in total. The average Bonchev–Trinajstić information content (AvgIpc) is 3.41. The minimum Gasteiger partial charge on any atom is -0.467 e. The van der Waals surface area contributed by atoms with E-state index in [2.05, 4.69) is 22.5 Å². The molecule has 0 radical (unpaired) electrons. The maximum absolute atomic E-state index is 13.6. The topological polar surface area (TPSA) is 130 Å². The highest BCUT2D eigenvalue weighted by atomic mass is 32.3. The summed E-state index contributed by atoms with van der Waals surface area (Å²) in [6.07, 6.45) is 4.47. The van der Waals surface area contributed by atoms with Crippen LogP contribution in [0.2, 0.25) is 0 Å². The number of nitrogens with zero attached hydrogens (tertiary/aromatic N) is 1. The summed E-state index contributed by atoms with van der Waals surface area (Å²) in [6, 6.07) is 16.3. The monoisotopic (exact) mass is 568 g/mol. The molecule has 1 aliphatic heterocycles. The minimum atomic E-state index is -2.95. The zero-order valence-electron chi connectivity index (χ0n) is 22.9. The molecule has 2 heterocycles. The van der Waals surface area contributed by atoms with Crippen LogP contribution in [0.4, 0.5) is 11.4 Å². The molecule has 0 saturated carbocycles. The normalized spacial score (nSPS) is 17.1. The molecule has 40 heavy (non-hydrogen) atoms. The molecule has 3 aromatic rings. The van der Waals surface area contributed by atoms with Gasteiger partial charge in [0.1, 0.15) is 5.76 Å². The van der Waals surface area contributed by atoms with Crippen LogP contribution in [0.3, 0.4) is 0 Å². The first-order valence-electron chi connectivity index (χ1n) is 13.6. The molecular weight excluding hydrogens is 528 g/mol. The van der Waals surface area contributed by atoms with Crippen LogP contribution in [-0.2, 0) is 13.0 Å². The molecule has 1 amide bonds. The van der Waals surface area contributed by atoms with Gasteiger partial charge in [-0.15, -0.1) is 10.8 Å². The van der Waals surface area contributed by atoms with Crippen LogP contribution >= 0.6 is 10.8 Å². The second-order valence-electron chi connectivity index (χ2n) is 9.96. The van der Waals surface area contributed by atoms with E-state index in [1.54, 1.807) is 28.8 Å². The SMILES string of the molecule is C=Cc1coc(CNCC(O)C(Cc2ccccc2)NC(=O)c2cc(NCC)cc(N3CCCCS3(O)O)c2)c1. The molecule has 2 atom stereocenters. The lowest BCUT2D eigenvalue weighted by Crippen LogP contribution is -2.48. The van der Waals surface area contributed by atoms with Crippen LogP contribution < -0.4 is 20.3 Å². The molecule has 0 bridgehead atoms. The number of rotatable bonds is 13. The van der Waals surface area contributed by atoms with Gasteiger partial charge in [-0.3, -0.25) is 18.2 Å². The fraction of sp³-hybridized carbons (Fsp3) is 0.367. The lowest BCUT2D eigenvalue weighted by molar-refractivity contribution is 0.0829. The first-order chi connectivity index (χ1) is 19.3. The molecule has 1 saturated heterocycles. The number of aliphatic hydroxyl groups is 1. The Kier molecular flexibility index (Phi) is 10.3. The van der Waals surface area contributed by atoms with E-state index in [-0.39, 0.29) is 12.5 Å². The third kappa shape index (κ3) is 7.89. The Labute approximate surface area is 237 Å². The van der Waals surface area contributed by atoms with E-state index < -0.39 is 22.9 Å². The van der Waals surface area contributed by atoms with E-state index in [0.717, 1.165) is 29.7 Å². The molecule has 0 spiro atoms. The molecule has 9 nitrogen and oxygen atoms in total. The first kappa shape index (κ1) is 29.7. The molecule has 216 valence electrons. The molecule has 10 heteroatoms. The lowest BCUT2D eigenvalue weighted by atomic mass is 10.00. The van der Waals surface area contributed by atoms with Crippen LogP contribution in [-0.4, -0.2) is 57.7 Å². The van der Waals surface area contributed by atoms with Gasteiger partial charge in [0.25, 0.3) is 5.91 Å². The zero-order chi connectivity index (χ0) is 28.5. The van der Waals surface area contributed by atoms with Crippen LogP contribution in [0.1, 0.15) is 47.0 Å². The number of amides is 1. The zero-order valence-corrected chi connectivity index (χ0v) is 23.7. The molecule has 1 aliphatic rings. The van der Waals surface area contributed by atoms with Gasteiger partial charge in [0.2, 0.25) is 0 Å². The molecule has 2 aromatic carbocycles. The van der Waals surface area contributed by atoms with Crippen LogP contribution in [0.25, 0.3) is 6.08 Å². The molecule has 1 aromatic heterocycles. The molecule has 1 fully saturated rings. The molecular formula is C30H40N4O5S. The quantitative estimate of drug-likeness (QED) is 0.168. The predicted molar refractivity (Wildman–Crippen MR) is 163 cm³/mol. The van der Waals surface area contributed by atoms with E-state index in [0.29, 0.717) is 48.7 Å². The molecule has 4 rings (SSSR count). The van der Waals surface area contributed by atoms with Gasteiger partial charge in [-0.05, 0) is 56.0 Å². The molecule has 0 aliphatic carbocycles. The number of hydrogen-bond acceptors (Lipinski definition) is 8. The summed E-state index contributed by atoms with van der Waals surface area (Å²) in [5.41, 5.74) is 3.54. The van der Waals surface area contributed by atoms with Crippen molar-refractivity contribution in [3.63, 3.8) is 0 Å². The second kappa shape index (κ2) is 13.9. The van der Waals surface area contributed by atoms with Crippen molar-refractivity contribution in [1.82, 2.24) is 10.6 Å². The fourth-order valence-corrected chi connectivity index (χ4v) is 6.46. The number of carbonyl (C=O) groups is 1. The molecule has 2 unspecified atom stereocenters. The van der Waals surface area contributed by atoms with Crippen LogP contribution in [0, 0.1) is 0 Å². The Morgan fingerprint density at radius 2 is 1.98 bits per heavy atom. The van der Waals surface area contributed by atoms with E-state index in [1.165, 1.54) is 0 Å². The number of aliphatic hydroxyl groups excluding tert-OH is 1. The maximum Gasteiger partial charge on any atom is 0.251 e. The van der Waals surface area contributed by atoms with E-state index in [4.69, 9.17) is 4.42 Å². The predicted octanol–water partition coefficient (Wildman–Crippen LogP) is 5.11. The summed E-state index contributed by atoms with van der Waals surface area (Å²) < 4.78 is 28.5. The highest BCUT2D eigenvalue weighted by molar-refractivity contribution is 8.25. The summed E-state index contributed by atoms with van der Waals surface area (Å²) >= 11 is 0. The van der Waals surface area contributed by atoms with Gasteiger partial charge in [-0.2, -0.15) is 0 Å². The number of hydrogen-bond donors (Lipinski definition) is 6. The Bertz CT molecular complexity index is 1270. The van der Waals surface area contributed by atoms with Crippen LogP contribution in [0.15, 0.2) is 71.9 Å². The lowest BCUT2D eigenvalue weighted by Gasteiger charge is -2.47. The highest BCUT2D eigenvalue weighted by Gasteiger charge is 2.28. The third-order valence-corrected chi connectivity index (χ3v) is 8.81. The van der Waals surface area contributed by atoms with Gasteiger partial charge in [0, 0.05) is 36.4 Å². The summed E-state index contributed by atoms with van der Waals surface area (Å²) in [5, 5.41) is 20.6. The minimum absolute atomic E-state index is 0.235. The van der Waals surface area contributed by atoms with Gasteiger partial charge >= 0.3 is 0 Å². The number of benzene rings is 2. The van der Waals surface area contributed by atoms with Gasteiger partial charge < -0.3 is 25.5 Å². The van der Waals surface area contributed by atoms with Crippen molar-refractivity contribution in [3.8, 4) is 0 Å². The van der Waals surface area contributed by atoms with Crippen molar-refractivity contribution in [3.05, 3.63) is 89.9 Å². The fourth-order valence-electron chi connectivity index (χ4n) is 4.78. The van der Waals surface area contributed by atoms with E-state index in [1.807, 2.05) is 49.4 Å². The number of anilines is 2. The maximum atomic E-state index is 13.6. The van der Waals surface area contributed by atoms with Crippen molar-refractivity contribution < 1.29 is 23.4 Å². The van der Waals surface area contributed by atoms with Crippen LogP contribution in [0.5, 0.6) is 0 Å². The largest absolute Gasteiger partial charge is 0.467 e. The Morgan fingerprint density at radius 1 is 1.18 bits per heavy atom. The number of furan rings is 1. The number of carbonyl (C=O) groups excluding carboxylic acids is 1. The second-order valence-corrected chi connectivity index (χ2v) is 12.1. The smallest absolute Gasteiger partial charge is 0.251 e. The summed E-state index contributed by atoms with van der Waals surface area (Å²) in [6.45, 7) is 7.50. The van der Waals surface area contributed by atoms with Crippen molar-refractivity contribution in [2.24, 2.45) is 0 Å². The van der Waals surface area contributed by atoms with Gasteiger partial charge in [-0.25, -0.2) is 0 Å². The summed E-state index contributed by atoms with van der Waals surface area (Å²) in [5.74, 6) is 0.684. The van der Waals surface area contributed by atoms with Crippen molar-refractivity contribution in [2.45, 2.75) is 44.9 Å². The number of nitrogens with one attached hydrogen (secondary N) is 3. The van der Waals surface area contributed by atoms with E-state index in [9.17, 15) is 19.0 Å². The van der Waals surface area contributed by atoms with Crippen molar-refractivity contribution >= 4 is 34.1 Å². The summed E-state index contributed by atoms with van der Waals surface area (Å²) in [7, 11) is -2.95. The summed E-state index contributed by atoms with van der Waals surface area (Å²) in [4.78, 5) is 13.6. The standard InChI is InChI=1S/C30H40N4O5S/c1-3-22-14-27(39-21-22)19-31-20-29(35)28(15-23-10-6-5-7-11-23)33-30(36)24-16-25(32-4-2)18-26(17-24)34-12-8-9-13-40(34,37)38/h3,5-7,10-11,14,16-18,21,28-29,31-32,35,37-38H,1,4,8-9,12-13,15,19-20H2,2H3,(H,33,36). The van der Waals surface area contributed by atoms with Gasteiger partial charge in [0.15, 0.2) is 0 Å². The Morgan fingerprint density at radius 3 is 2.67 bits per heavy atom. The average molecular weight is 569 g/mol. The first-order valence-corrected chi connectivity index (χ1v) is 15.3. The van der Waals surface area contributed by atoms with E-state index >= 15 is 0 Å².